The number of esters is 1. The van der Waals surface area contributed by atoms with Gasteiger partial charge in [0.1, 0.15) is 16.9 Å². The Bertz CT molecular complexity index is 1710. The van der Waals surface area contributed by atoms with Gasteiger partial charge in [-0.25, -0.2) is 18.5 Å². The van der Waals surface area contributed by atoms with Crippen molar-refractivity contribution in [2.75, 3.05) is 11.9 Å². The molecule has 1 unspecified atom stereocenters. The second-order valence-corrected chi connectivity index (χ2v) is 11.6. The van der Waals surface area contributed by atoms with E-state index in [1.165, 1.54) is 12.5 Å². The molecule has 0 aliphatic rings. The van der Waals surface area contributed by atoms with E-state index in [4.69, 9.17) is 27.9 Å². The molecule has 246 valence electrons. The van der Waals surface area contributed by atoms with Crippen LogP contribution in [-0.4, -0.2) is 38.3 Å². The summed E-state index contributed by atoms with van der Waals surface area (Å²) in [5.41, 5.74) is 1.24. The monoisotopic (exact) mass is 679 g/mol. The lowest BCUT2D eigenvalue weighted by atomic mass is 9.95. The van der Waals surface area contributed by atoms with Crippen LogP contribution in [0.4, 0.5) is 23.7 Å². The van der Waals surface area contributed by atoms with Gasteiger partial charge in [0.2, 0.25) is 0 Å². The van der Waals surface area contributed by atoms with Gasteiger partial charge in [0.05, 0.1) is 12.1 Å². The number of carbonyl (C=O) groups is 2. The van der Waals surface area contributed by atoms with E-state index in [9.17, 15) is 27.6 Å². The highest BCUT2D eigenvalue weighted by atomic mass is 35.5. The van der Waals surface area contributed by atoms with Crippen molar-refractivity contribution in [1.29, 1.82) is 0 Å². The number of nitrogens with one attached hydrogen (secondary N) is 2. The number of anilines is 1. The van der Waals surface area contributed by atoms with E-state index in [0.29, 0.717) is 4.68 Å². The molecule has 2 N–H and O–H groups in total. The van der Waals surface area contributed by atoms with Crippen molar-refractivity contribution in [2.45, 2.75) is 58.5 Å². The summed E-state index contributed by atoms with van der Waals surface area (Å²) in [5.74, 6) is -1.92. The SMILES string of the molecule is CCOC(=O)C(Cl)Cc1cc(-n2nc(C)n(C(F)F)c2=O)c(F)cc1Cl.Cc1ccc(NC(=O)NC(C)(C)c2ccccc2)cc1. The molecular formula is C32H34Cl2F3N5O4. The lowest BCUT2D eigenvalue weighted by molar-refractivity contribution is -0.142. The van der Waals surface area contributed by atoms with Gasteiger partial charge in [0, 0.05) is 17.1 Å². The molecule has 1 aromatic heterocycles. The fourth-order valence-electron chi connectivity index (χ4n) is 4.28. The highest BCUT2D eigenvalue weighted by Gasteiger charge is 2.24. The third-order valence-corrected chi connectivity index (χ3v) is 7.38. The Balaban J connectivity index is 0.000000259. The minimum atomic E-state index is -3.12. The van der Waals surface area contributed by atoms with Crippen molar-refractivity contribution in [3.8, 4) is 5.69 Å². The fraction of sp³-hybridized carbons (Fsp3) is 0.312. The van der Waals surface area contributed by atoms with Gasteiger partial charge in [-0.15, -0.1) is 16.7 Å². The molecule has 0 radical (unpaired) electrons. The van der Waals surface area contributed by atoms with E-state index in [1.807, 2.05) is 75.4 Å². The quantitative estimate of drug-likeness (QED) is 0.143. The first kappa shape index (κ1) is 36.2. The van der Waals surface area contributed by atoms with Gasteiger partial charge >= 0.3 is 24.2 Å². The molecule has 0 bridgehead atoms. The minimum absolute atomic E-state index is 0.0424. The lowest BCUT2D eigenvalue weighted by Gasteiger charge is -2.27. The first-order valence-electron chi connectivity index (χ1n) is 14.1. The number of ether oxygens (including phenoxy) is 1. The number of benzene rings is 3. The number of alkyl halides is 3. The lowest BCUT2D eigenvalue weighted by Crippen LogP contribution is -2.43. The normalized spacial score (nSPS) is 11.8. The van der Waals surface area contributed by atoms with Crippen LogP contribution in [-0.2, 0) is 21.5 Å². The van der Waals surface area contributed by atoms with Crippen LogP contribution >= 0.6 is 23.2 Å². The summed E-state index contributed by atoms with van der Waals surface area (Å²) in [6, 6.07) is 19.5. The number of rotatable bonds is 9. The van der Waals surface area contributed by atoms with Gasteiger partial charge in [0.25, 0.3) is 0 Å². The predicted molar refractivity (Wildman–Crippen MR) is 172 cm³/mol. The largest absolute Gasteiger partial charge is 0.465 e. The molecule has 0 spiro atoms. The standard InChI is InChI=1S/C17H20N2O.C15H14Cl2F3N3O3/c1-13-9-11-15(12-10-13)18-16(20)19-17(2,3)14-7-5-4-6-8-14;1-3-26-13(24)10(17)4-8-5-12(11(18)6-9(8)16)23-15(25)22(14(19)20)7(2)21-23/h4-12H,1-3H3,(H2,18,19,20);5-6,10,14H,3-4H2,1-2H3. The summed E-state index contributed by atoms with van der Waals surface area (Å²) in [7, 11) is 0. The molecule has 4 rings (SSSR count). The number of hydrogen-bond acceptors (Lipinski definition) is 5. The number of hydrogen-bond donors (Lipinski definition) is 2. The van der Waals surface area contributed by atoms with Crippen molar-refractivity contribution in [2.24, 2.45) is 0 Å². The van der Waals surface area contributed by atoms with Crippen LogP contribution in [0.2, 0.25) is 5.02 Å². The second kappa shape index (κ2) is 15.8. The van der Waals surface area contributed by atoms with Gasteiger partial charge in [0.15, 0.2) is 5.82 Å². The van der Waals surface area contributed by atoms with E-state index in [2.05, 4.69) is 15.7 Å². The Kier molecular flexibility index (Phi) is 12.4. The summed E-state index contributed by atoms with van der Waals surface area (Å²) in [6.45, 7) is 5.79. The van der Waals surface area contributed by atoms with Crippen LogP contribution < -0.4 is 16.3 Å². The zero-order valence-electron chi connectivity index (χ0n) is 25.8. The van der Waals surface area contributed by atoms with Crippen LogP contribution in [0.5, 0.6) is 0 Å². The van der Waals surface area contributed by atoms with Crippen molar-refractivity contribution in [3.05, 3.63) is 111 Å². The molecule has 14 heteroatoms. The molecule has 0 aliphatic carbocycles. The Morgan fingerprint density at radius 3 is 2.24 bits per heavy atom. The van der Waals surface area contributed by atoms with Gasteiger partial charge in [-0.2, -0.15) is 13.5 Å². The molecule has 0 saturated heterocycles. The van der Waals surface area contributed by atoms with Crippen molar-refractivity contribution < 1.29 is 27.5 Å². The third-order valence-electron chi connectivity index (χ3n) is 6.69. The summed E-state index contributed by atoms with van der Waals surface area (Å²) < 4.78 is 45.5. The van der Waals surface area contributed by atoms with Gasteiger partial charge < -0.3 is 15.4 Å². The van der Waals surface area contributed by atoms with Gasteiger partial charge in [-0.3, -0.25) is 4.79 Å². The van der Waals surface area contributed by atoms with Crippen molar-refractivity contribution >= 4 is 40.9 Å². The highest BCUT2D eigenvalue weighted by Crippen LogP contribution is 2.26. The number of aryl methyl sites for hydroxylation is 2. The maximum absolute atomic E-state index is 14.2. The smallest absolute Gasteiger partial charge is 0.355 e. The summed E-state index contributed by atoms with van der Waals surface area (Å²) in [6.07, 6.45) is -0.115. The van der Waals surface area contributed by atoms with Crippen LogP contribution in [0.15, 0.2) is 71.5 Å². The number of carbonyl (C=O) groups excluding carboxylic acids is 2. The average Bonchev–Trinajstić information content (AvgIpc) is 3.29. The molecular weight excluding hydrogens is 646 g/mol. The van der Waals surface area contributed by atoms with E-state index in [0.717, 1.165) is 23.4 Å². The fourth-order valence-corrected chi connectivity index (χ4v) is 4.73. The van der Waals surface area contributed by atoms with E-state index < -0.39 is 34.9 Å². The summed E-state index contributed by atoms with van der Waals surface area (Å²) >= 11 is 11.9. The topological polar surface area (TPSA) is 107 Å². The average molecular weight is 681 g/mol. The van der Waals surface area contributed by atoms with Crippen molar-refractivity contribution in [3.63, 3.8) is 0 Å². The van der Waals surface area contributed by atoms with Gasteiger partial charge in [-0.1, -0.05) is 59.6 Å². The molecule has 46 heavy (non-hydrogen) atoms. The third kappa shape index (κ3) is 9.37. The number of halogens is 5. The minimum Gasteiger partial charge on any atom is -0.465 e. The number of nitrogens with zero attached hydrogens (tertiary/aromatic N) is 3. The van der Waals surface area contributed by atoms with Crippen LogP contribution in [0.3, 0.4) is 0 Å². The molecule has 0 saturated carbocycles. The zero-order valence-corrected chi connectivity index (χ0v) is 27.3. The molecule has 4 aromatic rings. The predicted octanol–water partition coefficient (Wildman–Crippen LogP) is 7.29. The highest BCUT2D eigenvalue weighted by molar-refractivity contribution is 6.32. The maximum Gasteiger partial charge on any atom is 0.355 e. The Hall–Kier alpha value is -4.29. The van der Waals surface area contributed by atoms with Crippen LogP contribution in [0.1, 0.15) is 49.8 Å². The Morgan fingerprint density at radius 1 is 1.04 bits per heavy atom. The van der Waals surface area contributed by atoms with Crippen molar-refractivity contribution in [1.82, 2.24) is 19.7 Å². The number of urea groups is 1. The van der Waals surface area contributed by atoms with E-state index in [1.54, 1.807) is 6.92 Å². The number of aromatic nitrogens is 3. The zero-order chi connectivity index (χ0) is 34.2. The molecule has 0 aliphatic heterocycles. The first-order chi connectivity index (χ1) is 21.6. The maximum atomic E-state index is 14.2. The number of amides is 2. The molecule has 9 nitrogen and oxygen atoms in total. The molecule has 1 atom stereocenters. The first-order valence-corrected chi connectivity index (χ1v) is 14.9. The summed E-state index contributed by atoms with van der Waals surface area (Å²) in [4.78, 5) is 35.8. The molecule has 0 fully saturated rings. The van der Waals surface area contributed by atoms with E-state index >= 15 is 0 Å². The molecule has 1 heterocycles. The Morgan fingerprint density at radius 2 is 1.67 bits per heavy atom. The molecule has 3 aromatic carbocycles. The summed E-state index contributed by atoms with van der Waals surface area (Å²) in [5, 5.41) is 8.35. The van der Waals surface area contributed by atoms with E-state index in [-0.39, 0.29) is 45.7 Å². The Labute approximate surface area is 274 Å². The van der Waals surface area contributed by atoms with Crippen LogP contribution in [0, 0.1) is 19.7 Å². The molecule has 2 amide bonds. The van der Waals surface area contributed by atoms with Gasteiger partial charge in [-0.05, 0) is 70.0 Å². The second-order valence-electron chi connectivity index (χ2n) is 10.6. The van der Waals surface area contributed by atoms with Crippen LogP contribution in [0.25, 0.3) is 5.69 Å².